The molecular formula is C13H9ClF2N2O. The van der Waals surface area contributed by atoms with Gasteiger partial charge in [-0.1, -0.05) is 11.6 Å². The van der Waals surface area contributed by atoms with Crippen molar-refractivity contribution in [3.05, 3.63) is 58.6 Å². The van der Waals surface area contributed by atoms with Crippen molar-refractivity contribution in [3.63, 3.8) is 0 Å². The lowest BCUT2D eigenvalue weighted by atomic mass is 10.1. The van der Waals surface area contributed by atoms with E-state index in [1.54, 1.807) is 0 Å². The summed E-state index contributed by atoms with van der Waals surface area (Å²) in [7, 11) is 0. The van der Waals surface area contributed by atoms with Crippen molar-refractivity contribution < 1.29 is 13.6 Å². The van der Waals surface area contributed by atoms with Gasteiger partial charge in [0, 0.05) is 10.7 Å². The molecule has 0 aliphatic carbocycles. The highest BCUT2D eigenvalue weighted by molar-refractivity contribution is 6.31. The molecule has 0 saturated carbocycles. The maximum Gasteiger partial charge on any atom is 0.257 e. The number of rotatable bonds is 2. The van der Waals surface area contributed by atoms with Crippen LogP contribution in [0.1, 0.15) is 10.4 Å². The molecule has 0 heterocycles. The number of hydrogen-bond acceptors (Lipinski definition) is 2. The second-order valence-electron chi connectivity index (χ2n) is 3.81. The average Bonchev–Trinajstić information content (AvgIpc) is 2.33. The number of nitrogens with one attached hydrogen (secondary N) is 1. The van der Waals surface area contributed by atoms with E-state index in [4.69, 9.17) is 17.3 Å². The van der Waals surface area contributed by atoms with Crippen molar-refractivity contribution in [3.8, 4) is 0 Å². The fourth-order valence-electron chi connectivity index (χ4n) is 1.52. The average molecular weight is 283 g/mol. The van der Waals surface area contributed by atoms with Crippen molar-refractivity contribution in [2.75, 3.05) is 11.1 Å². The second-order valence-corrected chi connectivity index (χ2v) is 4.25. The van der Waals surface area contributed by atoms with Gasteiger partial charge in [0.15, 0.2) is 0 Å². The van der Waals surface area contributed by atoms with Crippen LogP contribution in [-0.2, 0) is 0 Å². The molecule has 0 aliphatic heterocycles. The Kier molecular flexibility index (Phi) is 3.66. The van der Waals surface area contributed by atoms with E-state index in [0.29, 0.717) is 0 Å². The zero-order chi connectivity index (χ0) is 14.0. The maximum absolute atomic E-state index is 13.4. The Morgan fingerprint density at radius 2 is 1.89 bits per heavy atom. The van der Waals surface area contributed by atoms with Gasteiger partial charge in [-0.2, -0.15) is 0 Å². The number of amides is 1. The lowest BCUT2D eigenvalue weighted by molar-refractivity contribution is 0.102. The van der Waals surface area contributed by atoms with Crippen LogP contribution >= 0.6 is 11.6 Å². The molecule has 3 nitrogen and oxygen atoms in total. The first kappa shape index (κ1) is 13.3. The first-order valence-electron chi connectivity index (χ1n) is 5.29. The van der Waals surface area contributed by atoms with Gasteiger partial charge in [-0.05, 0) is 36.4 Å². The molecule has 0 saturated heterocycles. The van der Waals surface area contributed by atoms with E-state index in [-0.39, 0.29) is 22.0 Å². The van der Waals surface area contributed by atoms with Gasteiger partial charge < -0.3 is 11.1 Å². The monoisotopic (exact) mass is 282 g/mol. The Bertz CT molecular complexity index is 647. The van der Waals surface area contributed by atoms with Crippen LogP contribution in [0.2, 0.25) is 5.02 Å². The Labute approximate surface area is 113 Å². The van der Waals surface area contributed by atoms with Gasteiger partial charge in [0.05, 0.1) is 11.3 Å². The highest BCUT2D eigenvalue weighted by Crippen LogP contribution is 2.21. The van der Waals surface area contributed by atoms with Crippen LogP contribution in [-0.4, -0.2) is 5.91 Å². The highest BCUT2D eigenvalue weighted by Gasteiger charge is 2.13. The normalized spacial score (nSPS) is 10.3. The summed E-state index contributed by atoms with van der Waals surface area (Å²) in [5.41, 5.74) is 5.48. The van der Waals surface area contributed by atoms with E-state index < -0.39 is 17.5 Å². The van der Waals surface area contributed by atoms with Crippen LogP contribution in [0.15, 0.2) is 36.4 Å². The summed E-state index contributed by atoms with van der Waals surface area (Å²) >= 11 is 5.71. The van der Waals surface area contributed by atoms with E-state index >= 15 is 0 Å². The van der Waals surface area contributed by atoms with Crippen molar-refractivity contribution in [2.45, 2.75) is 0 Å². The summed E-state index contributed by atoms with van der Waals surface area (Å²) in [5, 5.41) is 2.61. The fraction of sp³-hybridized carbons (Fsp3) is 0. The number of anilines is 2. The predicted octanol–water partition coefficient (Wildman–Crippen LogP) is 3.45. The fourth-order valence-corrected chi connectivity index (χ4v) is 1.70. The van der Waals surface area contributed by atoms with Gasteiger partial charge in [0.2, 0.25) is 0 Å². The quantitative estimate of drug-likeness (QED) is 0.829. The van der Waals surface area contributed by atoms with E-state index in [9.17, 15) is 13.6 Å². The maximum atomic E-state index is 13.4. The number of benzene rings is 2. The summed E-state index contributed by atoms with van der Waals surface area (Å²) in [6.45, 7) is 0. The molecule has 3 N–H and O–H groups in total. The molecule has 0 fully saturated rings. The minimum Gasteiger partial charge on any atom is -0.398 e. The number of halogens is 3. The summed E-state index contributed by atoms with van der Waals surface area (Å²) in [6.07, 6.45) is 0. The van der Waals surface area contributed by atoms with Crippen LogP contribution in [0.4, 0.5) is 20.2 Å². The SMILES string of the molecule is Nc1cc(F)ccc1C(=O)Nc1cc(Cl)ccc1F. The van der Waals surface area contributed by atoms with Gasteiger partial charge in [-0.3, -0.25) is 4.79 Å². The molecule has 2 aromatic rings. The second kappa shape index (κ2) is 5.24. The molecule has 6 heteroatoms. The topological polar surface area (TPSA) is 55.1 Å². The standard InChI is InChI=1S/C13H9ClF2N2O/c14-7-1-4-10(16)12(5-7)18-13(19)9-3-2-8(15)6-11(9)17/h1-6H,17H2,(H,18,19). The van der Waals surface area contributed by atoms with Crippen LogP contribution < -0.4 is 11.1 Å². The largest absolute Gasteiger partial charge is 0.398 e. The summed E-state index contributed by atoms with van der Waals surface area (Å²) in [4.78, 5) is 11.9. The number of hydrogen-bond donors (Lipinski definition) is 2. The highest BCUT2D eigenvalue weighted by atomic mass is 35.5. The van der Waals surface area contributed by atoms with E-state index in [1.807, 2.05) is 0 Å². The molecule has 0 aliphatic rings. The molecular weight excluding hydrogens is 274 g/mol. The zero-order valence-electron chi connectivity index (χ0n) is 9.58. The Balaban J connectivity index is 2.28. The molecule has 0 bridgehead atoms. The molecule has 0 spiro atoms. The van der Waals surface area contributed by atoms with Gasteiger partial charge in [0.25, 0.3) is 5.91 Å². The van der Waals surface area contributed by atoms with Crippen molar-refractivity contribution in [1.82, 2.24) is 0 Å². The minimum atomic E-state index is -0.640. The lowest BCUT2D eigenvalue weighted by Gasteiger charge is -2.08. The third kappa shape index (κ3) is 3.00. The van der Waals surface area contributed by atoms with E-state index in [0.717, 1.165) is 18.2 Å². The summed E-state index contributed by atoms with van der Waals surface area (Å²) in [6, 6.07) is 7.10. The van der Waals surface area contributed by atoms with Crippen molar-refractivity contribution in [1.29, 1.82) is 0 Å². The molecule has 0 unspecified atom stereocenters. The molecule has 2 aromatic carbocycles. The summed E-state index contributed by atoms with van der Waals surface area (Å²) < 4.78 is 26.3. The van der Waals surface area contributed by atoms with Gasteiger partial charge in [-0.15, -0.1) is 0 Å². The number of carbonyl (C=O) groups excluding carboxylic acids is 1. The first-order valence-corrected chi connectivity index (χ1v) is 5.66. The Morgan fingerprint density at radius 3 is 2.58 bits per heavy atom. The van der Waals surface area contributed by atoms with Gasteiger partial charge in [-0.25, -0.2) is 8.78 Å². The molecule has 1 amide bonds. The lowest BCUT2D eigenvalue weighted by Crippen LogP contribution is -2.15. The molecule has 2 rings (SSSR count). The van der Waals surface area contributed by atoms with Gasteiger partial charge >= 0.3 is 0 Å². The minimum absolute atomic E-state index is 0.0278. The third-order valence-electron chi connectivity index (χ3n) is 2.43. The Hall–Kier alpha value is -2.14. The molecule has 98 valence electrons. The smallest absolute Gasteiger partial charge is 0.257 e. The molecule has 0 atom stereocenters. The van der Waals surface area contributed by atoms with E-state index in [1.165, 1.54) is 18.2 Å². The first-order chi connectivity index (χ1) is 8.97. The molecule has 0 aromatic heterocycles. The van der Waals surface area contributed by atoms with Crippen LogP contribution in [0.25, 0.3) is 0 Å². The van der Waals surface area contributed by atoms with Crippen molar-refractivity contribution in [2.24, 2.45) is 0 Å². The zero-order valence-corrected chi connectivity index (χ0v) is 10.3. The van der Waals surface area contributed by atoms with Crippen LogP contribution in [0, 0.1) is 11.6 Å². The predicted molar refractivity (Wildman–Crippen MR) is 70.2 cm³/mol. The third-order valence-corrected chi connectivity index (χ3v) is 2.67. The number of nitrogens with two attached hydrogens (primary N) is 1. The van der Waals surface area contributed by atoms with Crippen LogP contribution in [0.5, 0.6) is 0 Å². The van der Waals surface area contributed by atoms with E-state index in [2.05, 4.69) is 5.32 Å². The number of nitrogen functional groups attached to an aromatic ring is 1. The van der Waals surface area contributed by atoms with Crippen LogP contribution in [0.3, 0.4) is 0 Å². The molecule has 0 radical (unpaired) electrons. The van der Waals surface area contributed by atoms with Crippen molar-refractivity contribution >= 4 is 28.9 Å². The Morgan fingerprint density at radius 1 is 1.16 bits per heavy atom. The number of carbonyl (C=O) groups is 1. The van der Waals surface area contributed by atoms with Gasteiger partial charge in [0.1, 0.15) is 11.6 Å². The summed E-state index contributed by atoms with van der Waals surface area (Å²) in [5.74, 6) is -1.82. The molecule has 19 heavy (non-hydrogen) atoms.